The molecule has 0 aromatic heterocycles. The average molecular weight is 278 g/mol. The molecule has 0 saturated heterocycles. The van der Waals surface area contributed by atoms with Crippen LogP contribution in [0.5, 0.6) is 0 Å². The Balaban J connectivity index is 1.96. The average Bonchev–Trinajstić information content (AvgIpc) is 2.36. The molecule has 2 aromatic carbocycles. The van der Waals surface area contributed by atoms with Gasteiger partial charge >= 0.3 is 0 Å². The van der Waals surface area contributed by atoms with Gasteiger partial charge in [0.2, 0.25) is 0 Å². The van der Waals surface area contributed by atoms with Crippen molar-refractivity contribution < 1.29 is 0 Å². The lowest BCUT2D eigenvalue weighted by Crippen LogP contribution is -1.93. The van der Waals surface area contributed by atoms with Gasteiger partial charge in [0, 0.05) is 22.2 Å². The highest BCUT2D eigenvalue weighted by Crippen LogP contribution is 2.25. The first-order valence-electron chi connectivity index (χ1n) is 5.83. The molecule has 1 nitrogen and oxygen atoms in total. The van der Waals surface area contributed by atoms with Crippen LogP contribution < -0.4 is 5.73 Å². The van der Waals surface area contributed by atoms with Crippen LogP contribution in [-0.4, -0.2) is 0 Å². The summed E-state index contributed by atoms with van der Waals surface area (Å²) in [5, 5.41) is 0.746. The maximum absolute atomic E-state index is 5.97. The number of halogens is 1. The van der Waals surface area contributed by atoms with Crippen molar-refractivity contribution in [1.82, 2.24) is 0 Å². The molecule has 0 aliphatic rings. The smallest absolute Gasteiger partial charge is 0.0410 e. The Labute approximate surface area is 117 Å². The second-order valence-electron chi connectivity index (χ2n) is 4.26. The molecule has 0 bridgehead atoms. The zero-order valence-electron chi connectivity index (χ0n) is 10.3. The van der Waals surface area contributed by atoms with Gasteiger partial charge in [0.15, 0.2) is 0 Å². The van der Waals surface area contributed by atoms with Crippen LogP contribution in [0.1, 0.15) is 16.7 Å². The van der Waals surface area contributed by atoms with Gasteiger partial charge in [-0.15, -0.1) is 0 Å². The summed E-state index contributed by atoms with van der Waals surface area (Å²) in [5.41, 5.74) is 10.6. The fourth-order valence-electron chi connectivity index (χ4n) is 1.74. The molecule has 0 atom stereocenters. The highest BCUT2D eigenvalue weighted by molar-refractivity contribution is 7.97. The summed E-state index contributed by atoms with van der Waals surface area (Å²) in [6.07, 6.45) is 0. The van der Waals surface area contributed by atoms with Crippen LogP contribution in [-0.2, 0) is 11.5 Å². The summed E-state index contributed by atoms with van der Waals surface area (Å²) in [6, 6.07) is 14.1. The van der Waals surface area contributed by atoms with Crippen LogP contribution in [0.15, 0.2) is 42.5 Å². The van der Waals surface area contributed by atoms with Crippen molar-refractivity contribution in [3.63, 3.8) is 0 Å². The predicted molar refractivity (Wildman–Crippen MR) is 82.0 cm³/mol. The van der Waals surface area contributed by atoms with Gasteiger partial charge in [-0.25, -0.2) is 0 Å². The van der Waals surface area contributed by atoms with E-state index in [9.17, 15) is 0 Å². The summed E-state index contributed by atoms with van der Waals surface area (Å²) in [4.78, 5) is 0. The van der Waals surface area contributed by atoms with Crippen LogP contribution in [0.4, 0.5) is 5.69 Å². The normalized spacial score (nSPS) is 10.6. The first-order chi connectivity index (χ1) is 8.66. The van der Waals surface area contributed by atoms with E-state index in [0.717, 1.165) is 27.8 Å². The van der Waals surface area contributed by atoms with Crippen LogP contribution in [0.2, 0.25) is 5.02 Å². The molecule has 0 radical (unpaired) electrons. The first kappa shape index (κ1) is 13.3. The lowest BCUT2D eigenvalue weighted by atomic mass is 10.1. The van der Waals surface area contributed by atoms with Gasteiger partial charge in [-0.3, -0.25) is 0 Å². The number of anilines is 1. The highest BCUT2D eigenvalue weighted by atomic mass is 35.5. The Morgan fingerprint density at radius 3 is 2.56 bits per heavy atom. The van der Waals surface area contributed by atoms with Crippen molar-refractivity contribution in [2.24, 2.45) is 0 Å². The van der Waals surface area contributed by atoms with Crippen LogP contribution >= 0.6 is 23.4 Å². The maximum Gasteiger partial charge on any atom is 0.0410 e. The third-order valence-corrected chi connectivity index (χ3v) is 4.15. The Hall–Kier alpha value is -1.12. The van der Waals surface area contributed by atoms with E-state index in [1.165, 1.54) is 11.1 Å². The molecule has 0 heterocycles. The van der Waals surface area contributed by atoms with E-state index < -0.39 is 0 Å². The molecule has 0 amide bonds. The Morgan fingerprint density at radius 2 is 1.78 bits per heavy atom. The van der Waals surface area contributed by atoms with Gasteiger partial charge in [-0.2, -0.15) is 11.8 Å². The highest BCUT2D eigenvalue weighted by Gasteiger charge is 2.02. The number of thioether (sulfide) groups is 1. The fourth-order valence-corrected chi connectivity index (χ4v) is 3.05. The van der Waals surface area contributed by atoms with Crippen molar-refractivity contribution in [2.45, 2.75) is 18.4 Å². The molecule has 2 rings (SSSR count). The molecule has 0 saturated carbocycles. The van der Waals surface area contributed by atoms with E-state index in [4.69, 9.17) is 17.3 Å². The zero-order chi connectivity index (χ0) is 13.0. The Kier molecular flexibility index (Phi) is 4.56. The zero-order valence-corrected chi connectivity index (χ0v) is 11.9. The van der Waals surface area contributed by atoms with Crippen molar-refractivity contribution in [3.8, 4) is 0 Å². The van der Waals surface area contributed by atoms with Crippen molar-refractivity contribution in [1.29, 1.82) is 0 Å². The van der Waals surface area contributed by atoms with Crippen LogP contribution in [0, 0.1) is 6.92 Å². The number of nitrogens with two attached hydrogens (primary N) is 1. The number of hydrogen-bond donors (Lipinski definition) is 1. The molecular weight excluding hydrogens is 262 g/mol. The monoisotopic (exact) mass is 277 g/mol. The van der Waals surface area contributed by atoms with Gasteiger partial charge < -0.3 is 5.73 Å². The molecule has 0 fully saturated rings. The summed E-state index contributed by atoms with van der Waals surface area (Å²) < 4.78 is 0. The molecule has 18 heavy (non-hydrogen) atoms. The van der Waals surface area contributed by atoms with Gasteiger partial charge in [-0.1, -0.05) is 35.9 Å². The molecule has 3 heteroatoms. The second-order valence-corrected chi connectivity index (χ2v) is 5.68. The van der Waals surface area contributed by atoms with Gasteiger partial charge in [0.05, 0.1) is 0 Å². The summed E-state index contributed by atoms with van der Waals surface area (Å²) in [6.45, 7) is 2.14. The van der Waals surface area contributed by atoms with E-state index in [0.29, 0.717) is 0 Å². The molecule has 0 aliphatic carbocycles. The molecule has 94 valence electrons. The van der Waals surface area contributed by atoms with E-state index in [2.05, 4.69) is 31.2 Å². The maximum atomic E-state index is 5.97. The summed E-state index contributed by atoms with van der Waals surface area (Å²) in [5.74, 6) is 1.89. The first-order valence-corrected chi connectivity index (χ1v) is 7.36. The van der Waals surface area contributed by atoms with E-state index in [1.54, 1.807) is 0 Å². The third kappa shape index (κ3) is 3.44. The van der Waals surface area contributed by atoms with Crippen LogP contribution in [0.25, 0.3) is 0 Å². The molecule has 0 unspecified atom stereocenters. The number of rotatable bonds is 4. The molecule has 2 N–H and O–H groups in total. The fraction of sp³-hybridized carbons (Fsp3) is 0.200. The predicted octanol–water partition coefficient (Wildman–Crippen LogP) is 4.66. The van der Waals surface area contributed by atoms with E-state index in [-0.39, 0.29) is 0 Å². The number of benzene rings is 2. The minimum Gasteiger partial charge on any atom is -0.398 e. The van der Waals surface area contributed by atoms with Gasteiger partial charge in [0.1, 0.15) is 0 Å². The summed E-state index contributed by atoms with van der Waals surface area (Å²) in [7, 11) is 0. The minimum atomic E-state index is 0.746. The SMILES string of the molecule is Cc1ccccc1CSCc1cc(Cl)ccc1N. The molecular formula is C15H16ClNS. The van der Waals surface area contributed by atoms with Gasteiger partial charge in [-0.05, 0) is 41.8 Å². The van der Waals surface area contributed by atoms with Crippen molar-refractivity contribution in [3.05, 3.63) is 64.2 Å². The lowest BCUT2D eigenvalue weighted by molar-refractivity contribution is 1.30. The summed E-state index contributed by atoms with van der Waals surface area (Å²) >= 11 is 7.83. The molecule has 2 aromatic rings. The topological polar surface area (TPSA) is 26.0 Å². The van der Waals surface area contributed by atoms with E-state index in [1.807, 2.05) is 30.0 Å². The number of nitrogen functional groups attached to an aromatic ring is 1. The minimum absolute atomic E-state index is 0.746. The van der Waals surface area contributed by atoms with Crippen molar-refractivity contribution >= 4 is 29.1 Å². The number of hydrogen-bond acceptors (Lipinski definition) is 2. The largest absolute Gasteiger partial charge is 0.398 e. The second kappa shape index (κ2) is 6.17. The Morgan fingerprint density at radius 1 is 1.06 bits per heavy atom. The Bertz CT molecular complexity index is 540. The quantitative estimate of drug-likeness (QED) is 0.822. The standard InChI is InChI=1S/C15H16ClNS/c1-11-4-2-3-5-12(11)9-18-10-13-8-14(16)6-7-15(13)17/h2-8H,9-10,17H2,1H3. The van der Waals surface area contributed by atoms with Crippen molar-refractivity contribution in [2.75, 3.05) is 5.73 Å². The number of aryl methyl sites for hydroxylation is 1. The molecule has 0 spiro atoms. The van der Waals surface area contributed by atoms with E-state index >= 15 is 0 Å². The van der Waals surface area contributed by atoms with Gasteiger partial charge in [0.25, 0.3) is 0 Å². The molecule has 0 aliphatic heterocycles. The lowest BCUT2D eigenvalue weighted by Gasteiger charge is -2.08. The third-order valence-electron chi connectivity index (χ3n) is 2.88. The van der Waals surface area contributed by atoms with Crippen LogP contribution in [0.3, 0.4) is 0 Å².